The third kappa shape index (κ3) is 24.6. The SMILES string of the molecule is CCCCC/C=C\C/C=C\CCCCCCCCC(O)C(=O)NC(COC1OC(CO)C(O)C(O)C1O)C(O)/C=C/CC/C=C/CCCCCCCCC. The largest absolute Gasteiger partial charge is 0.394 e. The van der Waals surface area contributed by atoms with Crippen molar-refractivity contribution in [3.63, 3.8) is 0 Å². The second kappa shape index (κ2) is 34.4. The molecule has 1 fully saturated rings. The van der Waals surface area contributed by atoms with Crippen LogP contribution < -0.4 is 5.32 Å². The fourth-order valence-electron chi connectivity index (χ4n) is 6.38. The number of amides is 1. The van der Waals surface area contributed by atoms with Crippen molar-refractivity contribution in [3.8, 4) is 0 Å². The number of carbonyl (C=O) groups is 1. The van der Waals surface area contributed by atoms with E-state index in [4.69, 9.17) is 9.47 Å². The first-order chi connectivity index (χ1) is 26.3. The fraction of sp³-hybridized carbons (Fsp3) is 0.795. The number of hydrogen-bond acceptors (Lipinski definition) is 9. The van der Waals surface area contributed by atoms with E-state index in [1.54, 1.807) is 6.08 Å². The van der Waals surface area contributed by atoms with Crippen molar-refractivity contribution >= 4 is 5.91 Å². The lowest BCUT2D eigenvalue weighted by Crippen LogP contribution is -2.60. The molecule has 0 bridgehead atoms. The Morgan fingerprint density at radius 2 is 1.15 bits per heavy atom. The minimum atomic E-state index is -1.62. The zero-order valence-corrected chi connectivity index (χ0v) is 33.8. The molecular formula is C44H79NO9. The monoisotopic (exact) mass is 766 g/mol. The Morgan fingerprint density at radius 3 is 1.76 bits per heavy atom. The minimum Gasteiger partial charge on any atom is -0.394 e. The van der Waals surface area contributed by atoms with Crippen LogP contribution in [0.4, 0.5) is 0 Å². The van der Waals surface area contributed by atoms with E-state index in [0.29, 0.717) is 12.8 Å². The molecule has 7 N–H and O–H groups in total. The highest BCUT2D eigenvalue weighted by atomic mass is 16.7. The molecular weight excluding hydrogens is 686 g/mol. The smallest absolute Gasteiger partial charge is 0.249 e. The summed E-state index contributed by atoms with van der Waals surface area (Å²) in [6.45, 7) is 3.52. The number of hydrogen-bond donors (Lipinski definition) is 7. The molecule has 8 atom stereocenters. The number of aliphatic hydroxyl groups excluding tert-OH is 6. The third-order valence-electron chi connectivity index (χ3n) is 9.98. The van der Waals surface area contributed by atoms with Gasteiger partial charge in [0.15, 0.2) is 6.29 Å². The van der Waals surface area contributed by atoms with Crippen molar-refractivity contribution in [1.29, 1.82) is 0 Å². The topological polar surface area (TPSA) is 169 Å². The molecule has 0 saturated carbocycles. The highest BCUT2D eigenvalue weighted by Crippen LogP contribution is 2.22. The van der Waals surface area contributed by atoms with Gasteiger partial charge in [-0.2, -0.15) is 0 Å². The summed E-state index contributed by atoms with van der Waals surface area (Å²) >= 11 is 0. The van der Waals surface area contributed by atoms with E-state index in [0.717, 1.165) is 57.8 Å². The number of allylic oxidation sites excluding steroid dienone is 7. The highest BCUT2D eigenvalue weighted by Gasteiger charge is 2.44. The molecule has 0 aliphatic carbocycles. The normalized spacial score (nSPS) is 22.6. The summed E-state index contributed by atoms with van der Waals surface area (Å²) in [5.74, 6) is -0.638. The first kappa shape index (κ1) is 50.1. The molecule has 1 aliphatic rings. The molecule has 0 aromatic heterocycles. The third-order valence-corrected chi connectivity index (χ3v) is 9.98. The molecule has 0 spiro atoms. The van der Waals surface area contributed by atoms with Crippen molar-refractivity contribution in [2.24, 2.45) is 0 Å². The van der Waals surface area contributed by atoms with Gasteiger partial charge in [0.1, 0.15) is 30.5 Å². The molecule has 8 unspecified atom stereocenters. The molecule has 10 nitrogen and oxygen atoms in total. The lowest BCUT2D eigenvalue weighted by molar-refractivity contribution is -0.302. The van der Waals surface area contributed by atoms with Gasteiger partial charge in [-0.05, 0) is 64.2 Å². The van der Waals surface area contributed by atoms with Gasteiger partial charge in [0.25, 0.3) is 0 Å². The van der Waals surface area contributed by atoms with Gasteiger partial charge in [-0.3, -0.25) is 4.79 Å². The Kier molecular flexibility index (Phi) is 31.9. The Bertz CT molecular complexity index is 1000. The van der Waals surface area contributed by atoms with E-state index in [1.165, 1.54) is 70.6 Å². The molecule has 0 aromatic carbocycles. The number of nitrogens with one attached hydrogen (secondary N) is 1. The van der Waals surface area contributed by atoms with Crippen LogP contribution in [0.2, 0.25) is 0 Å². The molecule has 54 heavy (non-hydrogen) atoms. The quantitative estimate of drug-likeness (QED) is 0.0264. The van der Waals surface area contributed by atoms with Gasteiger partial charge >= 0.3 is 0 Å². The molecule has 0 aromatic rings. The maximum absolute atomic E-state index is 13.0. The van der Waals surface area contributed by atoms with E-state index >= 15 is 0 Å². The summed E-state index contributed by atoms with van der Waals surface area (Å²) in [6, 6.07) is -1.00. The zero-order chi connectivity index (χ0) is 39.7. The minimum absolute atomic E-state index is 0.290. The average molecular weight is 766 g/mol. The van der Waals surface area contributed by atoms with Crippen LogP contribution in [-0.2, 0) is 14.3 Å². The van der Waals surface area contributed by atoms with Crippen LogP contribution in [0.25, 0.3) is 0 Å². The Labute approximate surface area is 327 Å². The summed E-state index contributed by atoms with van der Waals surface area (Å²) in [5.41, 5.74) is 0. The first-order valence-electron chi connectivity index (χ1n) is 21.5. The highest BCUT2D eigenvalue weighted by molar-refractivity contribution is 5.80. The van der Waals surface area contributed by atoms with Gasteiger partial charge in [-0.25, -0.2) is 0 Å². The van der Waals surface area contributed by atoms with Crippen molar-refractivity contribution < 1.29 is 44.9 Å². The molecule has 1 rings (SSSR count). The van der Waals surface area contributed by atoms with Crippen LogP contribution in [-0.4, -0.2) is 98.7 Å². The van der Waals surface area contributed by atoms with Crippen molar-refractivity contribution in [2.75, 3.05) is 13.2 Å². The van der Waals surface area contributed by atoms with Crippen LogP contribution in [0, 0.1) is 0 Å². The lowest BCUT2D eigenvalue weighted by Gasteiger charge is -2.40. The number of unbranched alkanes of at least 4 members (excludes halogenated alkanes) is 17. The standard InChI is InChI=1S/C44H79NO9/c1-3-5-7-9-11-13-15-17-18-19-21-23-25-27-29-31-33-38(48)43(52)45-36(35-53-44-42(51)41(50)40(49)39(34-46)54-44)37(47)32-30-28-26-24-22-20-16-14-12-10-8-6-4-2/h11,13,17-18,22,24,30,32,36-42,44,46-51H,3-10,12,14-16,19-21,23,25-29,31,33-35H2,1-2H3,(H,45,52)/b13-11-,18-17-,24-22+,32-30+. The van der Waals surface area contributed by atoms with Gasteiger partial charge in [-0.1, -0.05) is 146 Å². The van der Waals surface area contributed by atoms with E-state index in [1.807, 2.05) is 6.08 Å². The lowest BCUT2D eigenvalue weighted by atomic mass is 9.99. The molecule has 1 aliphatic heterocycles. The van der Waals surface area contributed by atoms with Crippen LogP contribution in [0.1, 0.15) is 162 Å². The number of aliphatic hydroxyl groups is 6. The van der Waals surface area contributed by atoms with Crippen LogP contribution in [0.5, 0.6) is 0 Å². The van der Waals surface area contributed by atoms with E-state index < -0.39 is 61.5 Å². The van der Waals surface area contributed by atoms with E-state index in [-0.39, 0.29) is 13.0 Å². The van der Waals surface area contributed by atoms with Gasteiger partial charge in [0.2, 0.25) is 5.91 Å². The number of carbonyl (C=O) groups excluding carboxylic acids is 1. The van der Waals surface area contributed by atoms with Crippen LogP contribution in [0.3, 0.4) is 0 Å². The maximum atomic E-state index is 13.0. The molecule has 1 amide bonds. The van der Waals surface area contributed by atoms with Gasteiger partial charge < -0.3 is 45.4 Å². The van der Waals surface area contributed by atoms with Gasteiger partial charge in [0.05, 0.1) is 25.4 Å². The Morgan fingerprint density at radius 1 is 0.648 bits per heavy atom. The van der Waals surface area contributed by atoms with Gasteiger partial charge in [-0.15, -0.1) is 0 Å². The molecule has 0 radical (unpaired) electrons. The summed E-state index contributed by atoms with van der Waals surface area (Å²) < 4.78 is 11.1. The average Bonchev–Trinajstić information content (AvgIpc) is 3.17. The van der Waals surface area contributed by atoms with Crippen LogP contribution in [0.15, 0.2) is 48.6 Å². The summed E-state index contributed by atoms with van der Waals surface area (Å²) in [4.78, 5) is 13.0. The molecule has 1 heterocycles. The first-order valence-corrected chi connectivity index (χ1v) is 21.5. The second-order valence-corrected chi connectivity index (χ2v) is 14.9. The second-order valence-electron chi connectivity index (χ2n) is 14.9. The van der Waals surface area contributed by atoms with Crippen molar-refractivity contribution in [2.45, 2.75) is 210 Å². The zero-order valence-electron chi connectivity index (χ0n) is 33.8. The summed E-state index contributed by atoms with van der Waals surface area (Å²) in [6.07, 6.45) is 31.9. The molecule has 314 valence electrons. The maximum Gasteiger partial charge on any atom is 0.249 e. The molecule has 1 saturated heterocycles. The fourth-order valence-corrected chi connectivity index (χ4v) is 6.38. The Hall–Kier alpha value is -1.89. The van der Waals surface area contributed by atoms with Gasteiger partial charge in [0, 0.05) is 0 Å². The van der Waals surface area contributed by atoms with E-state index in [9.17, 15) is 35.4 Å². The Balaban J connectivity index is 2.49. The van der Waals surface area contributed by atoms with Crippen LogP contribution >= 0.6 is 0 Å². The predicted molar refractivity (Wildman–Crippen MR) is 218 cm³/mol. The summed E-state index contributed by atoms with van der Waals surface area (Å²) in [5, 5.41) is 64.4. The van der Waals surface area contributed by atoms with E-state index in [2.05, 4.69) is 55.6 Å². The number of ether oxygens (including phenoxy) is 2. The van der Waals surface area contributed by atoms with Crippen molar-refractivity contribution in [1.82, 2.24) is 5.32 Å². The summed E-state index contributed by atoms with van der Waals surface area (Å²) in [7, 11) is 0. The predicted octanol–water partition coefficient (Wildman–Crippen LogP) is 7.25. The van der Waals surface area contributed by atoms with Crippen molar-refractivity contribution in [3.05, 3.63) is 48.6 Å². The molecule has 10 heteroatoms. The number of rotatable bonds is 34.